The molecule has 1 aliphatic rings. The first-order valence-corrected chi connectivity index (χ1v) is 10.8. The summed E-state index contributed by atoms with van der Waals surface area (Å²) in [6.07, 6.45) is 1.38. The summed E-state index contributed by atoms with van der Waals surface area (Å²) in [5, 5.41) is 2.91. The van der Waals surface area contributed by atoms with Gasteiger partial charge in [0.25, 0.3) is 10.2 Å². The van der Waals surface area contributed by atoms with Gasteiger partial charge in [-0.15, -0.1) is 0 Å². The SMILES string of the molecule is COc1cc(CNC(=O)[C@H]2CCCN(S(=O)(=O)N(C)C)C2)ccc1OC(C)C. The Morgan fingerprint density at radius 2 is 2.04 bits per heavy atom. The minimum atomic E-state index is -3.50. The fourth-order valence-electron chi connectivity index (χ4n) is 3.10. The van der Waals surface area contributed by atoms with Crippen molar-refractivity contribution in [1.82, 2.24) is 13.9 Å². The van der Waals surface area contributed by atoms with Crippen LogP contribution in [0.15, 0.2) is 18.2 Å². The predicted octanol–water partition coefficient (Wildman–Crippen LogP) is 1.62. The number of hydrogen-bond donors (Lipinski definition) is 1. The molecule has 1 heterocycles. The van der Waals surface area contributed by atoms with Crippen molar-refractivity contribution in [1.29, 1.82) is 0 Å². The van der Waals surface area contributed by atoms with E-state index in [1.165, 1.54) is 22.7 Å². The van der Waals surface area contributed by atoms with Gasteiger partial charge in [-0.25, -0.2) is 0 Å². The topological polar surface area (TPSA) is 88.2 Å². The monoisotopic (exact) mass is 413 g/mol. The lowest BCUT2D eigenvalue weighted by Crippen LogP contribution is -2.48. The largest absolute Gasteiger partial charge is 0.493 e. The highest BCUT2D eigenvalue weighted by atomic mass is 32.2. The second-order valence-corrected chi connectivity index (χ2v) is 9.50. The van der Waals surface area contributed by atoms with Crippen molar-refractivity contribution in [2.75, 3.05) is 34.3 Å². The first-order chi connectivity index (χ1) is 13.1. The van der Waals surface area contributed by atoms with Crippen molar-refractivity contribution in [2.24, 2.45) is 5.92 Å². The normalized spacial score (nSPS) is 18.3. The van der Waals surface area contributed by atoms with Gasteiger partial charge in [-0.3, -0.25) is 4.79 Å². The van der Waals surface area contributed by atoms with Crippen molar-refractivity contribution in [2.45, 2.75) is 39.3 Å². The molecule has 1 amide bonds. The van der Waals surface area contributed by atoms with Gasteiger partial charge in [0.15, 0.2) is 11.5 Å². The van der Waals surface area contributed by atoms with Crippen LogP contribution in [-0.2, 0) is 21.5 Å². The molecular formula is C19H31N3O5S. The lowest BCUT2D eigenvalue weighted by Gasteiger charge is -2.32. The number of nitrogens with one attached hydrogen (secondary N) is 1. The molecule has 0 bridgehead atoms. The average molecular weight is 414 g/mol. The number of benzene rings is 1. The Hall–Kier alpha value is -1.84. The lowest BCUT2D eigenvalue weighted by atomic mass is 9.98. The van der Waals surface area contributed by atoms with Gasteiger partial charge < -0.3 is 14.8 Å². The lowest BCUT2D eigenvalue weighted by molar-refractivity contribution is -0.126. The van der Waals surface area contributed by atoms with Crippen molar-refractivity contribution in [3.63, 3.8) is 0 Å². The highest BCUT2D eigenvalue weighted by molar-refractivity contribution is 7.86. The van der Waals surface area contributed by atoms with Gasteiger partial charge in [-0.2, -0.15) is 17.0 Å². The number of hydrogen-bond acceptors (Lipinski definition) is 5. The third-order valence-corrected chi connectivity index (χ3v) is 6.51. The average Bonchev–Trinajstić information content (AvgIpc) is 2.66. The first-order valence-electron chi connectivity index (χ1n) is 9.44. The van der Waals surface area contributed by atoms with E-state index in [2.05, 4.69) is 5.32 Å². The van der Waals surface area contributed by atoms with Crippen molar-refractivity contribution in [3.8, 4) is 11.5 Å². The summed E-state index contributed by atoms with van der Waals surface area (Å²) in [5.74, 6) is 0.778. The summed E-state index contributed by atoms with van der Waals surface area (Å²) in [7, 11) is 1.07. The molecule has 8 nitrogen and oxygen atoms in total. The smallest absolute Gasteiger partial charge is 0.281 e. The van der Waals surface area contributed by atoms with E-state index < -0.39 is 10.2 Å². The fourth-order valence-corrected chi connectivity index (χ4v) is 4.29. The summed E-state index contributed by atoms with van der Waals surface area (Å²) in [5.41, 5.74) is 0.884. The Bertz CT molecular complexity index is 780. The summed E-state index contributed by atoms with van der Waals surface area (Å²) in [6.45, 7) is 4.87. The van der Waals surface area contributed by atoms with Gasteiger partial charge in [-0.05, 0) is 44.4 Å². The van der Waals surface area contributed by atoms with Crippen LogP contribution in [0.4, 0.5) is 0 Å². The summed E-state index contributed by atoms with van der Waals surface area (Å²) < 4.78 is 38.2. The summed E-state index contributed by atoms with van der Waals surface area (Å²) >= 11 is 0. The van der Waals surface area contributed by atoms with E-state index in [0.717, 1.165) is 5.56 Å². The van der Waals surface area contributed by atoms with E-state index >= 15 is 0 Å². The highest BCUT2D eigenvalue weighted by Crippen LogP contribution is 2.29. The maximum atomic E-state index is 12.6. The van der Waals surface area contributed by atoms with Crippen LogP contribution in [0.3, 0.4) is 0 Å². The third-order valence-electron chi connectivity index (χ3n) is 4.60. The Morgan fingerprint density at radius 3 is 2.64 bits per heavy atom. The number of methoxy groups -OCH3 is 1. The molecule has 2 rings (SSSR count). The molecule has 158 valence electrons. The molecule has 1 aromatic rings. The van der Waals surface area contributed by atoms with Crippen molar-refractivity contribution < 1.29 is 22.7 Å². The number of rotatable bonds is 8. The van der Waals surface area contributed by atoms with Gasteiger partial charge in [0.05, 0.1) is 19.1 Å². The molecule has 28 heavy (non-hydrogen) atoms. The van der Waals surface area contributed by atoms with Crippen molar-refractivity contribution in [3.05, 3.63) is 23.8 Å². The third kappa shape index (κ3) is 5.59. The van der Waals surface area contributed by atoms with Crippen LogP contribution in [0.5, 0.6) is 11.5 Å². The standard InChI is InChI=1S/C19H31N3O5S/c1-14(2)27-17-9-8-15(11-18(17)26-5)12-20-19(23)16-7-6-10-22(13-16)28(24,25)21(3)4/h8-9,11,14,16H,6-7,10,12-13H2,1-5H3,(H,20,23)/t16-/m0/s1. The van der Waals surface area contributed by atoms with Crippen LogP contribution in [0, 0.1) is 5.92 Å². The highest BCUT2D eigenvalue weighted by Gasteiger charge is 2.33. The Morgan fingerprint density at radius 1 is 1.32 bits per heavy atom. The molecule has 9 heteroatoms. The van der Waals surface area contributed by atoms with E-state index in [1.807, 2.05) is 32.0 Å². The van der Waals surface area contributed by atoms with E-state index in [4.69, 9.17) is 9.47 Å². The van der Waals surface area contributed by atoms with E-state index in [9.17, 15) is 13.2 Å². The van der Waals surface area contributed by atoms with Gasteiger partial charge >= 0.3 is 0 Å². The Kier molecular flexibility index (Phi) is 7.68. The molecule has 0 radical (unpaired) electrons. The van der Waals surface area contributed by atoms with Gasteiger partial charge in [-0.1, -0.05) is 6.07 Å². The number of amides is 1. The quantitative estimate of drug-likeness (QED) is 0.700. The van der Waals surface area contributed by atoms with Gasteiger partial charge in [0.2, 0.25) is 5.91 Å². The molecule has 1 aliphatic heterocycles. The van der Waals surface area contributed by atoms with Crippen LogP contribution in [0.2, 0.25) is 0 Å². The maximum absolute atomic E-state index is 12.6. The second-order valence-electron chi connectivity index (χ2n) is 7.36. The molecule has 0 saturated carbocycles. The molecule has 0 unspecified atom stereocenters. The molecule has 1 aromatic carbocycles. The molecule has 1 N–H and O–H groups in total. The number of piperidine rings is 1. The number of carbonyl (C=O) groups is 1. The molecule has 0 aromatic heterocycles. The minimum Gasteiger partial charge on any atom is -0.493 e. The van der Waals surface area contributed by atoms with Gasteiger partial charge in [0, 0.05) is 33.7 Å². The zero-order chi connectivity index (χ0) is 20.9. The molecular weight excluding hydrogens is 382 g/mol. The number of nitrogens with zero attached hydrogens (tertiary/aromatic N) is 2. The zero-order valence-corrected chi connectivity index (χ0v) is 18.1. The molecule has 1 fully saturated rings. The molecule has 0 spiro atoms. The summed E-state index contributed by atoms with van der Waals surface area (Å²) in [6, 6.07) is 5.54. The van der Waals surface area contributed by atoms with Crippen molar-refractivity contribution >= 4 is 16.1 Å². The first kappa shape index (κ1) is 22.4. The van der Waals surface area contributed by atoms with Crippen LogP contribution >= 0.6 is 0 Å². The van der Waals surface area contributed by atoms with Crippen LogP contribution in [0.25, 0.3) is 0 Å². The van der Waals surface area contributed by atoms with Gasteiger partial charge in [0.1, 0.15) is 0 Å². The Balaban J connectivity index is 1.98. The van der Waals surface area contributed by atoms with Crippen LogP contribution in [0.1, 0.15) is 32.3 Å². The van der Waals surface area contributed by atoms with E-state index in [-0.39, 0.29) is 24.5 Å². The Labute approximate surface area is 168 Å². The molecule has 1 saturated heterocycles. The van der Waals surface area contributed by atoms with E-state index in [0.29, 0.717) is 37.4 Å². The van der Waals surface area contributed by atoms with E-state index in [1.54, 1.807) is 7.11 Å². The summed E-state index contributed by atoms with van der Waals surface area (Å²) in [4.78, 5) is 12.6. The number of ether oxygens (including phenoxy) is 2. The maximum Gasteiger partial charge on any atom is 0.281 e. The zero-order valence-electron chi connectivity index (χ0n) is 17.3. The van der Waals surface area contributed by atoms with Crippen LogP contribution in [-0.4, -0.2) is 63.3 Å². The minimum absolute atomic E-state index is 0.0344. The molecule has 1 atom stereocenters. The predicted molar refractivity (Wildman–Crippen MR) is 108 cm³/mol. The molecule has 0 aliphatic carbocycles. The fraction of sp³-hybridized carbons (Fsp3) is 0.632. The number of carbonyl (C=O) groups excluding carboxylic acids is 1. The second kappa shape index (κ2) is 9.58. The van der Waals surface area contributed by atoms with Crippen LogP contribution < -0.4 is 14.8 Å².